The molecule has 0 bridgehead atoms. The number of rotatable bonds is 15. The summed E-state index contributed by atoms with van der Waals surface area (Å²) in [6.07, 6.45) is 18.3. The third-order valence-corrected chi connectivity index (χ3v) is 7.44. The van der Waals surface area contributed by atoms with Crippen LogP contribution in [0.2, 0.25) is 0 Å². The summed E-state index contributed by atoms with van der Waals surface area (Å²) in [5.41, 5.74) is 37.0. The van der Waals surface area contributed by atoms with Crippen LogP contribution in [0.15, 0.2) is 34.3 Å². The smallest absolute Gasteiger partial charge is 0.276 e. The molecule has 22 heteroatoms. The van der Waals surface area contributed by atoms with Crippen LogP contribution >= 0.6 is 0 Å². The van der Waals surface area contributed by atoms with E-state index in [-0.39, 0.29) is 16.9 Å². The second-order valence-electron chi connectivity index (χ2n) is 14.8. The Morgan fingerprint density at radius 3 is 0.761 bits per heavy atom. The van der Waals surface area contributed by atoms with Crippen LogP contribution in [0.4, 0.5) is 0 Å². The molecule has 1 aromatic rings. The van der Waals surface area contributed by atoms with Crippen LogP contribution in [-0.4, -0.2) is 137 Å². The first-order chi connectivity index (χ1) is 41.8. The number of nitrogens with two attached hydrogens (primary N) is 8. The van der Waals surface area contributed by atoms with Crippen LogP contribution in [0.5, 0.6) is 0 Å². The molecule has 0 fully saturated rings. The number of aldehydes is 2. The monoisotopic (exact) mass is 1300 g/mol. The Bertz CT molecular complexity index is 1210. The summed E-state index contributed by atoms with van der Waals surface area (Å²) in [7, 11) is 11.6. The average molecular weight is 1310 g/mol. The lowest BCUT2D eigenvalue weighted by molar-refractivity contribution is -0.168. The molecule has 88 heavy (non-hydrogen) atoms. The van der Waals surface area contributed by atoms with E-state index >= 15 is 0 Å². The fourth-order valence-corrected chi connectivity index (χ4v) is 3.10. The Labute approximate surface area is 551 Å². The van der Waals surface area contributed by atoms with Gasteiger partial charge in [0.05, 0.1) is 18.1 Å². The predicted octanol–water partition coefficient (Wildman–Crippen LogP) is 13.3. The predicted molar refractivity (Wildman–Crippen MR) is 398 cm³/mol. The lowest BCUT2D eigenvalue weighted by Gasteiger charge is -2.10. The van der Waals surface area contributed by atoms with Crippen LogP contribution in [-0.2, 0) is 43.6 Å². The molecule has 1 amide bonds. The number of nitrogens with one attached hydrogen (secondary N) is 1. The van der Waals surface area contributed by atoms with Gasteiger partial charge >= 0.3 is 0 Å². The number of hydrogen-bond donors (Lipinski definition) is 10. The molecule has 0 saturated carbocycles. The van der Waals surface area contributed by atoms with E-state index < -0.39 is 10.0 Å². The Kier molecular flexibility index (Phi) is 329. The van der Waals surface area contributed by atoms with Crippen LogP contribution in [0.3, 0.4) is 0 Å². The average Bonchev–Trinajstić information content (AvgIpc) is 3.58. The summed E-state index contributed by atoms with van der Waals surface area (Å²) in [5.74, 6) is 1.02. The maximum atomic E-state index is 11.5. The molecule has 550 valence electrons. The first kappa shape index (κ1) is 146. The van der Waals surface area contributed by atoms with Crippen molar-refractivity contribution in [3.8, 4) is 0 Å². The highest BCUT2D eigenvalue weighted by Crippen LogP contribution is 2.09. The lowest BCUT2D eigenvalue weighted by atomic mass is 10.2. The second kappa shape index (κ2) is 199. The number of hydroxylamine groups is 2. The van der Waals surface area contributed by atoms with Gasteiger partial charge in [-0.25, -0.2) is 9.89 Å². The molecule has 0 unspecified atom stereocenters. The van der Waals surface area contributed by atoms with Crippen molar-refractivity contribution in [1.82, 2.24) is 9.89 Å². The molecule has 0 heterocycles. The Morgan fingerprint density at radius 1 is 0.477 bits per heavy atom. The minimum atomic E-state index is -3.49. The van der Waals surface area contributed by atoms with Crippen molar-refractivity contribution in [3.05, 3.63) is 29.8 Å². The summed E-state index contributed by atoms with van der Waals surface area (Å²) >= 11 is 0. The summed E-state index contributed by atoms with van der Waals surface area (Å²) < 4.78 is 23.0. The number of amides is 1. The van der Waals surface area contributed by atoms with Crippen LogP contribution in [0, 0.1) is 6.92 Å². The van der Waals surface area contributed by atoms with Gasteiger partial charge in [0, 0.05) is 71.0 Å². The van der Waals surface area contributed by atoms with Crippen molar-refractivity contribution in [1.29, 1.82) is 0 Å². The van der Waals surface area contributed by atoms with Gasteiger partial charge in [-0.05, 0) is 95.2 Å². The van der Waals surface area contributed by atoms with Crippen molar-refractivity contribution in [2.75, 3.05) is 70.5 Å². The van der Waals surface area contributed by atoms with E-state index in [4.69, 9.17) is 5.11 Å². The number of carbonyl (C=O) groups is 6. The molecule has 0 aliphatic rings. The van der Waals surface area contributed by atoms with Gasteiger partial charge in [0.1, 0.15) is 29.9 Å². The van der Waals surface area contributed by atoms with E-state index in [2.05, 4.69) is 144 Å². The van der Waals surface area contributed by atoms with Crippen molar-refractivity contribution in [3.63, 3.8) is 0 Å². The molecule has 0 aromatic heterocycles. The summed E-state index contributed by atoms with van der Waals surface area (Å²) in [6.45, 7) is 49.7. The van der Waals surface area contributed by atoms with Gasteiger partial charge in [-0.1, -0.05) is 215 Å². The van der Waals surface area contributed by atoms with Gasteiger partial charge in [-0.15, -0.1) is 0 Å². The van der Waals surface area contributed by atoms with Gasteiger partial charge in [0.15, 0.2) is 0 Å². The van der Waals surface area contributed by atoms with Crippen LogP contribution < -0.4 is 50.7 Å². The first-order valence-electron chi connectivity index (χ1n) is 31.9. The van der Waals surface area contributed by atoms with Crippen molar-refractivity contribution in [2.24, 2.45) is 51.0 Å². The number of Topliss-reactive ketones (excluding diaryl/α,β-unsaturated/α-hetero) is 3. The molecule has 0 aliphatic heterocycles. The number of hydrazone groups is 1. The van der Waals surface area contributed by atoms with E-state index in [1.165, 1.54) is 113 Å². The third kappa shape index (κ3) is 291. The maximum Gasteiger partial charge on any atom is 0.276 e. The molecule has 0 aliphatic carbocycles. The zero-order valence-electron chi connectivity index (χ0n) is 65.2. The summed E-state index contributed by atoms with van der Waals surface area (Å²) in [6, 6.07) is 6.57. The van der Waals surface area contributed by atoms with Gasteiger partial charge in [0.25, 0.3) is 10.0 Å². The third-order valence-electron chi connectivity index (χ3n) is 6.20. The fourth-order valence-electron chi connectivity index (χ4n) is 2.26. The minimum Gasteiger partial charge on any atom is -0.393 e. The topological polar surface area (TPSA) is 402 Å². The fraction of sp³-hybridized carbons (Fsp3) is 0.803. The Morgan fingerprint density at radius 2 is 0.670 bits per heavy atom. The quantitative estimate of drug-likeness (QED) is 0.0443. The highest BCUT2D eigenvalue weighted by Gasteiger charge is 2.11. The number of aryl methyl sites for hydroxylation is 1. The molecule has 0 radical (unpaired) electrons. The summed E-state index contributed by atoms with van der Waals surface area (Å²) in [4.78, 5) is 66.3. The molecule has 18 N–H and O–H groups in total. The molecular weight excluding hydrogens is 1140 g/mol. The van der Waals surface area contributed by atoms with Crippen molar-refractivity contribution < 1.29 is 47.1 Å². The Balaban J connectivity index is -0.0000000291. The Hall–Kier alpha value is -3.94. The SMILES string of the molecule is C/C=N/NS(=O)(=O)c1ccc(C)cc1.CCC.CCC.CCC.CCC.CCC.CCC.CCC(=O)CC.CCC(=O)CC.CCC(=O)CC.CCC(=O)N(C)OC.CCC(O)CC.CCC=O.CCC=O.CN.CN.CN.CN.CN.CN.CN.CN. The normalized spacial score (nSPS) is 7.42. The van der Waals surface area contributed by atoms with Crippen LogP contribution in [0.25, 0.3) is 0 Å². The molecule has 1 rings (SSSR count). The first-order valence-corrected chi connectivity index (χ1v) is 33.4. The number of hydrogen-bond acceptors (Lipinski definition) is 19. The van der Waals surface area contributed by atoms with E-state index in [9.17, 15) is 37.2 Å². The molecular formula is C66H165N11O10S. The number of sulfonamides is 1. The largest absolute Gasteiger partial charge is 0.393 e. The molecule has 1 aromatic carbocycles. The number of aliphatic hydroxyl groups is 1. The number of benzene rings is 1. The van der Waals surface area contributed by atoms with Crippen molar-refractivity contribution in [2.45, 2.75) is 293 Å². The molecule has 0 saturated heterocycles. The molecule has 0 atom stereocenters. The maximum absolute atomic E-state index is 11.5. The van der Waals surface area contributed by atoms with E-state index in [0.29, 0.717) is 75.1 Å². The standard InChI is InChI=1S/C9H12N2O2S.C5H11NO2.C5H12O.3C5H10O.2C3H6O.6C3H8.8CH5N/c1-3-10-11-14(12,13)9-6-4-8(2)5-7-9;1-4-5(7)6(2)8-3;4*1-3-5(6)4-2;2*1-2-3-4;6*1-3-2;8*1-2/h3-7,11H,1-2H3;4H2,1-3H3;5-6H,3-4H2,1-2H3;3*3-4H2,1-2H3;2*3H,2H2,1H3;6*3H2,1-2H3;8*2H2,1H3/b10-3+;;;;;;;;;;;;;;;;;;;;;. The zero-order valence-corrected chi connectivity index (χ0v) is 66.0. The minimum absolute atomic E-state index is 0.00694. The lowest BCUT2D eigenvalue weighted by Crippen LogP contribution is -2.23. The summed E-state index contributed by atoms with van der Waals surface area (Å²) in [5, 5.41) is 13.4. The van der Waals surface area contributed by atoms with Gasteiger partial charge in [-0.3, -0.25) is 24.0 Å². The van der Waals surface area contributed by atoms with Gasteiger partial charge in [0.2, 0.25) is 5.91 Å². The van der Waals surface area contributed by atoms with E-state index in [1.807, 2.05) is 76.2 Å². The van der Waals surface area contributed by atoms with Gasteiger partial charge < -0.3 is 60.6 Å². The second-order valence-corrected chi connectivity index (χ2v) is 16.5. The number of nitrogens with zero attached hydrogens (tertiary/aromatic N) is 2. The van der Waals surface area contributed by atoms with E-state index in [0.717, 1.165) is 31.0 Å². The highest BCUT2D eigenvalue weighted by molar-refractivity contribution is 7.89. The van der Waals surface area contributed by atoms with Crippen molar-refractivity contribution >= 4 is 52.1 Å². The van der Waals surface area contributed by atoms with Crippen LogP contribution in [0.1, 0.15) is 281 Å². The van der Waals surface area contributed by atoms with E-state index in [1.54, 1.807) is 45.2 Å². The van der Waals surface area contributed by atoms with Gasteiger partial charge in [-0.2, -0.15) is 13.5 Å². The molecule has 21 nitrogen and oxygen atoms in total. The number of ketones is 3. The molecule has 0 spiro atoms. The highest BCUT2D eigenvalue weighted by atomic mass is 32.2. The zero-order chi connectivity index (χ0) is 76.2. The number of carbonyl (C=O) groups excluding carboxylic acids is 6. The number of aliphatic hydroxyl groups excluding tert-OH is 1.